The molecule has 2 aromatic rings. The standard InChI is InChI=1S/C18H18N4OS/c1-14-5-7-16(8-6-14)17(23)21-18(24)22(11-3-9-19)13-15-4-2-10-20-12-15/h2,4-8,10,12H,3,11,13H2,1H3,(H,21,23,24). The number of thiocarbonyl (C=S) groups is 1. The number of nitrogens with zero attached hydrogens (tertiary/aromatic N) is 3. The first kappa shape index (κ1) is 17.6. The van der Waals surface area contributed by atoms with Crippen molar-refractivity contribution in [2.24, 2.45) is 0 Å². The Morgan fingerprint density at radius 3 is 2.71 bits per heavy atom. The molecule has 2 rings (SSSR count). The van der Waals surface area contributed by atoms with Crippen LogP contribution in [0.5, 0.6) is 0 Å². The van der Waals surface area contributed by atoms with Gasteiger partial charge in [0.05, 0.1) is 12.5 Å². The molecule has 122 valence electrons. The number of amides is 1. The molecular weight excluding hydrogens is 320 g/mol. The van der Waals surface area contributed by atoms with Gasteiger partial charge in [-0.1, -0.05) is 23.8 Å². The van der Waals surface area contributed by atoms with Crippen LogP contribution in [0.1, 0.15) is 27.9 Å². The Hall–Kier alpha value is -2.78. The zero-order valence-electron chi connectivity index (χ0n) is 13.4. The Kier molecular flexibility index (Phi) is 6.41. The maximum atomic E-state index is 12.3. The van der Waals surface area contributed by atoms with E-state index in [4.69, 9.17) is 17.5 Å². The number of hydrogen-bond acceptors (Lipinski definition) is 4. The van der Waals surface area contributed by atoms with E-state index in [1.54, 1.807) is 29.4 Å². The van der Waals surface area contributed by atoms with Crippen LogP contribution in [0.15, 0.2) is 48.8 Å². The first-order valence-corrected chi connectivity index (χ1v) is 7.94. The van der Waals surface area contributed by atoms with Crippen molar-refractivity contribution in [3.05, 3.63) is 65.5 Å². The molecule has 0 fully saturated rings. The van der Waals surface area contributed by atoms with Crippen LogP contribution in [0.2, 0.25) is 0 Å². The van der Waals surface area contributed by atoms with Gasteiger partial charge in [-0.25, -0.2) is 0 Å². The average Bonchev–Trinajstić information content (AvgIpc) is 2.60. The zero-order chi connectivity index (χ0) is 17.4. The van der Waals surface area contributed by atoms with E-state index in [1.165, 1.54) is 0 Å². The van der Waals surface area contributed by atoms with Crippen LogP contribution < -0.4 is 5.32 Å². The summed E-state index contributed by atoms with van der Waals surface area (Å²) in [6, 6.07) is 13.1. The number of pyridine rings is 1. The number of aromatic nitrogens is 1. The van der Waals surface area contributed by atoms with Gasteiger partial charge in [-0.15, -0.1) is 0 Å². The van der Waals surface area contributed by atoms with Crippen molar-refractivity contribution in [3.8, 4) is 6.07 Å². The number of hydrogen-bond donors (Lipinski definition) is 1. The van der Waals surface area contributed by atoms with E-state index in [9.17, 15) is 4.79 Å². The molecule has 24 heavy (non-hydrogen) atoms. The predicted octanol–water partition coefficient (Wildman–Crippen LogP) is 2.82. The lowest BCUT2D eigenvalue weighted by Crippen LogP contribution is -2.42. The summed E-state index contributed by atoms with van der Waals surface area (Å²) in [5.41, 5.74) is 2.59. The van der Waals surface area contributed by atoms with Gasteiger partial charge in [0.1, 0.15) is 0 Å². The number of nitriles is 1. The van der Waals surface area contributed by atoms with Crippen LogP contribution in [-0.4, -0.2) is 27.4 Å². The van der Waals surface area contributed by atoms with Gasteiger partial charge < -0.3 is 4.90 Å². The molecule has 0 spiro atoms. The second kappa shape index (κ2) is 8.75. The third-order valence-electron chi connectivity index (χ3n) is 3.41. The van der Waals surface area contributed by atoms with Crippen molar-refractivity contribution in [2.45, 2.75) is 19.9 Å². The van der Waals surface area contributed by atoms with E-state index in [0.717, 1.165) is 11.1 Å². The summed E-state index contributed by atoms with van der Waals surface area (Å²) >= 11 is 5.35. The van der Waals surface area contributed by atoms with Gasteiger partial charge in [-0.2, -0.15) is 5.26 Å². The van der Waals surface area contributed by atoms with Gasteiger partial charge in [0.15, 0.2) is 5.11 Å². The molecule has 0 unspecified atom stereocenters. The van der Waals surface area contributed by atoms with Crippen molar-refractivity contribution in [1.29, 1.82) is 5.26 Å². The summed E-state index contributed by atoms with van der Waals surface area (Å²) in [6.07, 6.45) is 3.76. The van der Waals surface area contributed by atoms with Crippen molar-refractivity contribution in [1.82, 2.24) is 15.2 Å². The lowest BCUT2D eigenvalue weighted by atomic mass is 10.1. The molecule has 0 atom stereocenters. The second-order valence-electron chi connectivity index (χ2n) is 5.32. The van der Waals surface area contributed by atoms with E-state index in [-0.39, 0.29) is 5.91 Å². The summed E-state index contributed by atoms with van der Waals surface area (Å²) in [7, 11) is 0. The SMILES string of the molecule is Cc1ccc(C(=O)NC(=S)N(CCC#N)Cc2cccnc2)cc1. The van der Waals surface area contributed by atoms with Crippen molar-refractivity contribution in [3.63, 3.8) is 0 Å². The second-order valence-corrected chi connectivity index (χ2v) is 5.70. The summed E-state index contributed by atoms with van der Waals surface area (Å²) in [6.45, 7) is 2.89. The highest BCUT2D eigenvalue weighted by Crippen LogP contribution is 2.06. The fraction of sp³-hybridized carbons (Fsp3) is 0.222. The molecular formula is C18H18N4OS. The molecule has 0 aliphatic heterocycles. The number of benzene rings is 1. The number of rotatable bonds is 5. The number of aryl methyl sites for hydroxylation is 1. The van der Waals surface area contributed by atoms with Crippen molar-refractivity contribution >= 4 is 23.2 Å². The van der Waals surface area contributed by atoms with Crippen LogP contribution in [0, 0.1) is 18.3 Å². The molecule has 6 heteroatoms. The Labute approximate surface area is 146 Å². The molecule has 1 N–H and O–H groups in total. The molecule has 0 saturated heterocycles. The highest BCUT2D eigenvalue weighted by molar-refractivity contribution is 7.80. The Morgan fingerprint density at radius 1 is 1.33 bits per heavy atom. The topological polar surface area (TPSA) is 69.0 Å². The third-order valence-corrected chi connectivity index (χ3v) is 3.77. The molecule has 0 saturated carbocycles. The number of carbonyl (C=O) groups excluding carboxylic acids is 1. The molecule has 5 nitrogen and oxygen atoms in total. The Balaban J connectivity index is 2.05. The number of nitrogens with one attached hydrogen (secondary N) is 1. The van der Waals surface area contributed by atoms with Crippen LogP contribution in [0.3, 0.4) is 0 Å². The average molecular weight is 338 g/mol. The van der Waals surface area contributed by atoms with Gasteiger partial charge in [0, 0.05) is 31.0 Å². The van der Waals surface area contributed by atoms with E-state index in [0.29, 0.717) is 30.2 Å². The molecule has 1 aromatic carbocycles. The minimum atomic E-state index is -0.256. The molecule has 1 amide bonds. The molecule has 1 heterocycles. The first-order valence-electron chi connectivity index (χ1n) is 7.53. The lowest BCUT2D eigenvalue weighted by molar-refractivity contribution is 0.0973. The van der Waals surface area contributed by atoms with Crippen LogP contribution in [0.25, 0.3) is 0 Å². The van der Waals surface area contributed by atoms with E-state index in [1.807, 2.05) is 31.2 Å². The van der Waals surface area contributed by atoms with E-state index >= 15 is 0 Å². The van der Waals surface area contributed by atoms with Gasteiger partial charge in [-0.05, 0) is 42.9 Å². The van der Waals surface area contributed by atoms with E-state index < -0.39 is 0 Å². The summed E-state index contributed by atoms with van der Waals surface area (Å²) in [5.74, 6) is -0.256. The summed E-state index contributed by atoms with van der Waals surface area (Å²) in [4.78, 5) is 18.2. The third kappa shape index (κ3) is 5.14. The van der Waals surface area contributed by atoms with Crippen LogP contribution in [-0.2, 0) is 6.54 Å². The van der Waals surface area contributed by atoms with E-state index in [2.05, 4.69) is 16.4 Å². The number of carbonyl (C=O) groups is 1. The molecule has 0 aliphatic rings. The quantitative estimate of drug-likeness (QED) is 0.849. The largest absolute Gasteiger partial charge is 0.344 e. The predicted molar refractivity (Wildman–Crippen MR) is 96.1 cm³/mol. The van der Waals surface area contributed by atoms with Crippen LogP contribution in [0.4, 0.5) is 0 Å². The highest BCUT2D eigenvalue weighted by atomic mass is 32.1. The molecule has 0 bridgehead atoms. The summed E-state index contributed by atoms with van der Waals surface area (Å²) in [5, 5.41) is 11.9. The maximum Gasteiger partial charge on any atom is 0.257 e. The zero-order valence-corrected chi connectivity index (χ0v) is 14.2. The Morgan fingerprint density at radius 2 is 2.08 bits per heavy atom. The highest BCUT2D eigenvalue weighted by Gasteiger charge is 2.14. The fourth-order valence-corrected chi connectivity index (χ4v) is 2.35. The molecule has 0 aliphatic carbocycles. The Bertz CT molecular complexity index is 738. The van der Waals surface area contributed by atoms with Gasteiger partial charge >= 0.3 is 0 Å². The summed E-state index contributed by atoms with van der Waals surface area (Å²) < 4.78 is 0. The van der Waals surface area contributed by atoms with Crippen molar-refractivity contribution in [2.75, 3.05) is 6.54 Å². The van der Waals surface area contributed by atoms with Gasteiger partial charge in [0.2, 0.25) is 0 Å². The van der Waals surface area contributed by atoms with Gasteiger partial charge in [-0.3, -0.25) is 15.1 Å². The fourth-order valence-electron chi connectivity index (χ4n) is 2.10. The smallest absolute Gasteiger partial charge is 0.257 e. The molecule has 1 aromatic heterocycles. The first-order chi connectivity index (χ1) is 11.6. The van der Waals surface area contributed by atoms with Gasteiger partial charge in [0.25, 0.3) is 5.91 Å². The lowest BCUT2D eigenvalue weighted by Gasteiger charge is -2.24. The van der Waals surface area contributed by atoms with Crippen LogP contribution >= 0.6 is 12.2 Å². The molecule has 0 radical (unpaired) electrons. The monoisotopic (exact) mass is 338 g/mol. The minimum absolute atomic E-state index is 0.256. The minimum Gasteiger partial charge on any atom is -0.344 e. The van der Waals surface area contributed by atoms with Crippen molar-refractivity contribution < 1.29 is 4.79 Å². The normalized spacial score (nSPS) is 9.83. The maximum absolute atomic E-state index is 12.3.